The maximum absolute atomic E-state index is 5.85. The summed E-state index contributed by atoms with van der Waals surface area (Å²) in [4.78, 5) is 0. The van der Waals surface area contributed by atoms with E-state index in [1.807, 2.05) is 28.9 Å². The molecule has 1 saturated carbocycles. The summed E-state index contributed by atoms with van der Waals surface area (Å²) in [5.41, 5.74) is 7.87. The third-order valence-electron chi connectivity index (χ3n) is 3.92. The number of ether oxygens (including phenoxy) is 1. The van der Waals surface area contributed by atoms with Crippen LogP contribution in [-0.2, 0) is 13.1 Å². The van der Waals surface area contributed by atoms with Crippen molar-refractivity contribution in [2.45, 2.75) is 38.3 Å². The van der Waals surface area contributed by atoms with Crippen LogP contribution in [0.3, 0.4) is 0 Å². The molecule has 0 unspecified atom stereocenters. The van der Waals surface area contributed by atoms with Gasteiger partial charge in [-0.1, -0.05) is 23.2 Å². The van der Waals surface area contributed by atoms with Gasteiger partial charge in [0.05, 0.1) is 17.9 Å². The highest BCUT2D eigenvalue weighted by atomic mass is 35.5. The molecule has 21 heavy (non-hydrogen) atoms. The predicted molar refractivity (Wildman–Crippen MR) is 81.5 cm³/mol. The highest BCUT2D eigenvalue weighted by molar-refractivity contribution is 6.30. The van der Waals surface area contributed by atoms with Crippen LogP contribution >= 0.6 is 11.6 Å². The summed E-state index contributed by atoms with van der Waals surface area (Å²) in [7, 11) is 0. The highest BCUT2D eigenvalue weighted by Crippen LogP contribution is 2.37. The Labute approximate surface area is 129 Å². The smallest absolute Gasteiger partial charge is 0.119 e. The van der Waals surface area contributed by atoms with Gasteiger partial charge >= 0.3 is 0 Å². The molecule has 1 aromatic heterocycles. The zero-order valence-electron chi connectivity index (χ0n) is 11.8. The van der Waals surface area contributed by atoms with Crippen molar-refractivity contribution >= 4 is 11.6 Å². The second kappa shape index (κ2) is 6.45. The molecule has 3 rings (SSSR count). The van der Waals surface area contributed by atoms with Crippen LogP contribution in [0.1, 0.15) is 36.6 Å². The molecule has 1 aromatic carbocycles. The summed E-state index contributed by atoms with van der Waals surface area (Å²) in [6, 6.07) is 7.36. The monoisotopic (exact) mass is 306 g/mol. The molecular formula is C15H19ClN4O. The minimum Gasteiger partial charge on any atom is -0.492 e. The van der Waals surface area contributed by atoms with Crippen molar-refractivity contribution in [1.82, 2.24) is 15.0 Å². The van der Waals surface area contributed by atoms with Gasteiger partial charge in [-0.25, -0.2) is 4.68 Å². The van der Waals surface area contributed by atoms with Crippen LogP contribution in [0, 0.1) is 0 Å². The molecule has 0 bridgehead atoms. The summed E-state index contributed by atoms with van der Waals surface area (Å²) < 4.78 is 7.66. The quantitative estimate of drug-likeness (QED) is 0.891. The summed E-state index contributed by atoms with van der Waals surface area (Å²) >= 11 is 5.85. The van der Waals surface area contributed by atoms with E-state index in [-0.39, 0.29) is 0 Å². The molecule has 6 heteroatoms. The Morgan fingerprint density at radius 3 is 2.67 bits per heavy atom. The molecule has 0 atom stereocenters. The van der Waals surface area contributed by atoms with Crippen molar-refractivity contribution in [1.29, 1.82) is 0 Å². The van der Waals surface area contributed by atoms with Crippen LogP contribution in [0.15, 0.2) is 24.3 Å². The van der Waals surface area contributed by atoms with E-state index in [9.17, 15) is 0 Å². The summed E-state index contributed by atoms with van der Waals surface area (Å²) in [6.45, 7) is 1.68. The van der Waals surface area contributed by atoms with E-state index < -0.39 is 0 Å². The van der Waals surface area contributed by atoms with E-state index >= 15 is 0 Å². The molecule has 5 nitrogen and oxygen atoms in total. The predicted octanol–water partition coefficient (Wildman–Crippen LogP) is 2.74. The number of hydrogen-bond acceptors (Lipinski definition) is 4. The van der Waals surface area contributed by atoms with E-state index in [2.05, 4.69) is 10.3 Å². The first-order chi connectivity index (χ1) is 10.3. The Bertz CT molecular complexity index is 592. The Hall–Kier alpha value is -1.59. The topological polar surface area (TPSA) is 66.0 Å². The highest BCUT2D eigenvalue weighted by Gasteiger charge is 2.26. The molecule has 0 aliphatic heterocycles. The van der Waals surface area contributed by atoms with E-state index in [1.165, 1.54) is 25.0 Å². The van der Waals surface area contributed by atoms with Gasteiger partial charge in [0.25, 0.3) is 0 Å². The lowest BCUT2D eigenvalue weighted by molar-refractivity contribution is 0.281. The molecule has 112 valence electrons. The van der Waals surface area contributed by atoms with Crippen molar-refractivity contribution in [3.63, 3.8) is 0 Å². The first kappa shape index (κ1) is 14.4. The van der Waals surface area contributed by atoms with Crippen molar-refractivity contribution < 1.29 is 4.74 Å². The number of benzene rings is 1. The van der Waals surface area contributed by atoms with Gasteiger partial charge in [0.1, 0.15) is 12.4 Å². The minimum atomic E-state index is 0.448. The number of aromatic nitrogens is 3. The number of rotatable bonds is 6. The van der Waals surface area contributed by atoms with Gasteiger partial charge in [-0.3, -0.25) is 0 Å². The second-order valence-corrected chi connectivity index (χ2v) is 5.72. The van der Waals surface area contributed by atoms with Gasteiger partial charge in [0.15, 0.2) is 0 Å². The molecule has 0 spiro atoms. The van der Waals surface area contributed by atoms with Gasteiger partial charge < -0.3 is 10.5 Å². The van der Waals surface area contributed by atoms with Crippen molar-refractivity contribution in [3.05, 3.63) is 40.7 Å². The van der Waals surface area contributed by atoms with E-state index in [1.54, 1.807) is 0 Å². The van der Waals surface area contributed by atoms with E-state index in [0.29, 0.717) is 30.6 Å². The van der Waals surface area contributed by atoms with Crippen LogP contribution in [-0.4, -0.2) is 21.6 Å². The molecule has 1 heterocycles. The number of hydrogen-bond donors (Lipinski definition) is 1. The van der Waals surface area contributed by atoms with Gasteiger partial charge in [-0.05, 0) is 37.1 Å². The summed E-state index contributed by atoms with van der Waals surface area (Å²) in [5, 5.41) is 9.12. The van der Waals surface area contributed by atoms with E-state index in [4.69, 9.17) is 22.1 Å². The van der Waals surface area contributed by atoms with Gasteiger partial charge in [-0.2, -0.15) is 0 Å². The zero-order chi connectivity index (χ0) is 14.7. The largest absolute Gasteiger partial charge is 0.492 e. The maximum atomic E-state index is 5.85. The molecule has 0 saturated heterocycles. The fraction of sp³-hybridized carbons (Fsp3) is 0.467. The Balaban J connectivity index is 1.62. The zero-order valence-corrected chi connectivity index (χ0v) is 12.6. The molecule has 0 amide bonds. The van der Waals surface area contributed by atoms with Crippen molar-refractivity contribution in [2.24, 2.45) is 5.73 Å². The fourth-order valence-corrected chi connectivity index (χ4v) is 2.70. The van der Waals surface area contributed by atoms with Crippen molar-refractivity contribution in [3.8, 4) is 5.75 Å². The van der Waals surface area contributed by atoms with E-state index in [0.717, 1.165) is 11.4 Å². The molecule has 1 aliphatic carbocycles. The first-order valence-electron chi connectivity index (χ1n) is 7.28. The third-order valence-corrected chi connectivity index (χ3v) is 4.17. The minimum absolute atomic E-state index is 0.448. The summed E-state index contributed by atoms with van der Waals surface area (Å²) in [5.74, 6) is 1.37. The average Bonchev–Trinajstić information content (AvgIpc) is 2.82. The molecule has 1 aliphatic rings. The lowest BCUT2D eigenvalue weighted by atomic mass is 9.82. The van der Waals surface area contributed by atoms with Gasteiger partial charge in [0.2, 0.25) is 0 Å². The SMILES string of the molecule is NCc1nnn(CCOc2ccc(Cl)cc2)c1C1CCC1. The van der Waals surface area contributed by atoms with Gasteiger partial charge in [-0.15, -0.1) is 5.10 Å². The van der Waals surface area contributed by atoms with Crippen LogP contribution in [0.5, 0.6) is 5.75 Å². The lowest BCUT2D eigenvalue weighted by Crippen LogP contribution is -2.20. The first-order valence-corrected chi connectivity index (χ1v) is 7.66. The fourth-order valence-electron chi connectivity index (χ4n) is 2.58. The Kier molecular flexibility index (Phi) is 4.41. The van der Waals surface area contributed by atoms with Crippen LogP contribution in [0.4, 0.5) is 0 Å². The molecule has 2 N–H and O–H groups in total. The maximum Gasteiger partial charge on any atom is 0.119 e. The number of nitrogens with zero attached hydrogens (tertiary/aromatic N) is 3. The molecular weight excluding hydrogens is 288 g/mol. The Morgan fingerprint density at radius 2 is 2.05 bits per heavy atom. The molecule has 1 fully saturated rings. The molecule has 2 aromatic rings. The Morgan fingerprint density at radius 1 is 1.29 bits per heavy atom. The summed E-state index contributed by atoms with van der Waals surface area (Å²) in [6.07, 6.45) is 3.69. The number of nitrogens with two attached hydrogens (primary N) is 1. The van der Waals surface area contributed by atoms with Crippen LogP contribution in [0.2, 0.25) is 5.02 Å². The van der Waals surface area contributed by atoms with Crippen LogP contribution in [0.25, 0.3) is 0 Å². The van der Waals surface area contributed by atoms with Crippen molar-refractivity contribution in [2.75, 3.05) is 6.61 Å². The average molecular weight is 307 g/mol. The third kappa shape index (κ3) is 3.19. The van der Waals surface area contributed by atoms with Crippen LogP contribution < -0.4 is 10.5 Å². The normalized spacial score (nSPS) is 15.0. The standard InChI is InChI=1S/C15H19ClN4O/c16-12-4-6-13(7-5-12)21-9-8-20-15(11-2-1-3-11)14(10-17)18-19-20/h4-7,11H,1-3,8-10,17H2. The second-order valence-electron chi connectivity index (χ2n) is 5.28. The molecule has 0 radical (unpaired) electrons. The number of halogens is 1. The lowest BCUT2D eigenvalue weighted by Gasteiger charge is -2.26. The van der Waals surface area contributed by atoms with Gasteiger partial charge in [0, 0.05) is 17.5 Å².